The van der Waals surface area contributed by atoms with Gasteiger partial charge in [-0.25, -0.2) is 0 Å². The third-order valence-corrected chi connectivity index (χ3v) is 4.95. The van der Waals surface area contributed by atoms with Crippen molar-refractivity contribution in [2.45, 2.75) is 44.8 Å². The molecule has 0 atom stereocenters. The van der Waals surface area contributed by atoms with Crippen molar-refractivity contribution >= 4 is 29.1 Å². The second kappa shape index (κ2) is 7.13. The van der Waals surface area contributed by atoms with Crippen molar-refractivity contribution in [2.75, 3.05) is 0 Å². The summed E-state index contributed by atoms with van der Waals surface area (Å²) in [5.74, 6) is 0.149. The topological polar surface area (TPSA) is 75.4 Å². The molecule has 0 saturated heterocycles. The number of hydrogen-bond donors (Lipinski definition) is 2. The Morgan fingerprint density at radius 3 is 2.50 bits per heavy atom. The molecule has 5 nitrogen and oxygen atoms in total. The van der Waals surface area contributed by atoms with Gasteiger partial charge in [-0.1, -0.05) is 34.4 Å². The maximum absolute atomic E-state index is 12.7. The van der Waals surface area contributed by atoms with E-state index in [-0.39, 0.29) is 18.1 Å². The molecule has 0 spiro atoms. The first kappa shape index (κ1) is 17.3. The van der Waals surface area contributed by atoms with Gasteiger partial charge in [0.2, 0.25) is 0 Å². The van der Waals surface area contributed by atoms with Crippen molar-refractivity contribution < 1.29 is 14.4 Å². The third-order valence-electron chi connectivity index (χ3n) is 4.32. The largest absolute Gasteiger partial charge is 0.393 e. The van der Waals surface area contributed by atoms with E-state index in [2.05, 4.69) is 10.5 Å². The molecule has 128 valence electrons. The molecule has 1 amide bonds. The van der Waals surface area contributed by atoms with Crippen LogP contribution in [0.4, 0.5) is 0 Å². The maximum Gasteiger partial charge on any atom is 0.257 e. The van der Waals surface area contributed by atoms with Gasteiger partial charge in [-0.2, -0.15) is 0 Å². The molecule has 1 heterocycles. The lowest BCUT2D eigenvalue weighted by molar-refractivity contribution is 0.0866. The Morgan fingerprint density at radius 2 is 1.88 bits per heavy atom. The average Bonchev–Trinajstić information content (AvgIpc) is 2.91. The Kier molecular flexibility index (Phi) is 5.13. The van der Waals surface area contributed by atoms with Crippen LogP contribution in [0.5, 0.6) is 0 Å². The van der Waals surface area contributed by atoms with Crippen molar-refractivity contribution in [3.8, 4) is 11.3 Å². The standard InChI is InChI=1S/C17H18Cl2N2O3/c1-9-14(17(23)20-10-5-7-11(22)8-6-10)16(21-24-9)15-12(18)3-2-4-13(15)19/h2-4,10-11,22H,5-8H2,1H3,(H,20,23). The lowest BCUT2D eigenvalue weighted by atomic mass is 9.93. The Hall–Kier alpha value is -1.56. The fourth-order valence-electron chi connectivity index (χ4n) is 3.01. The highest BCUT2D eigenvalue weighted by atomic mass is 35.5. The van der Waals surface area contributed by atoms with Crippen LogP contribution in [-0.2, 0) is 0 Å². The molecule has 7 heteroatoms. The molecule has 0 radical (unpaired) electrons. The summed E-state index contributed by atoms with van der Waals surface area (Å²) >= 11 is 12.5. The van der Waals surface area contributed by atoms with Crippen molar-refractivity contribution in [1.29, 1.82) is 0 Å². The zero-order valence-electron chi connectivity index (χ0n) is 13.2. The molecule has 0 aliphatic heterocycles. The summed E-state index contributed by atoms with van der Waals surface area (Å²) in [5.41, 5.74) is 1.18. The van der Waals surface area contributed by atoms with Crippen LogP contribution < -0.4 is 5.32 Å². The first-order valence-corrected chi connectivity index (χ1v) is 8.62. The number of benzene rings is 1. The lowest BCUT2D eigenvalue weighted by Crippen LogP contribution is -2.38. The molecule has 0 bridgehead atoms. The van der Waals surface area contributed by atoms with Crippen LogP contribution >= 0.6 is 23.2 Å². The van der Waals surface area contributed by atoms with Crippen LogP contribution in [0.1, 0.15) is 41.8 Å². The Morgan fingerprint density at radius 1 is 1.25 bits per heavy atom. The molecule has 1 aliphatic rings. The number of hydrogen-bond acceptors (Lipinski definition) is 4. The Balaban J connectivity index is 1.89. The highest BCUT2D eigenvalue weighted by molar-refractivity contribution is 6.39. The molecule has 1 saturated carbocycles. The maximum atomic E-state index is 12.7. The van der Waals surface area contributed by atoms with Gasteiger partial charge in [-0.3, -0.25) is 4.79 Å². The zero-order chi connectivity index (χ0) is 17.3. The van der Waals surface area contributed by atoms with E-state index in [0.29, 0.717) is 45.5 Å². The fourth-order valence-corrected chi connectivity index (χ4v) is 3.59. The SMILES string of the molecule is Cc1onc(-c2c(Cl)cccc2Cl)c1C(=O)NC1CCC(O)CC1. The van der Waals surface area contributed by atoms with E-state index in [1.54, 1.807) is 25.1 Å². The van der Waals surface area contributed by atoms with Gasteiger partial charge < -0.3 is 14.9 Å². The number of carbonyl (C=O) groups excluding carboxylic acids is 1. The highest BCUT2D eigenvalue weighted by Gasteiger charge is 2.27. The summed E-state index contributed by atoms with van der Waals surface area (Å²) in [5, 5.41) is 17.4. The first-order valence-electron chi connectivity index (χ1n) is 7.87. The Labute approximate surface area is 149 Å². The number of nitrogens with zero attached hydrogens (tertiary/aromatic N) is 1. The van der Waals surface area contributed by atoms with Crippen LogP contribution in [-0.4, -0.2) is 28.3 Å². The van der Waals surface area contributed by atoms with Crippen LogP contribution in [0.25, 0.3) is 11.3 Å². The summed E-state index contributed by atoms with van der Waals surface area (Å²) in [6.07, 6.45) is 2.61. The van der Waals surface area contributed by atoms with E-state index in [4.69, 9.17) is 27.7 Å². The molecule has 2 N–H and O–H groups in total. The van der Waals surface area contributed by atoms with Crippen LogP contribution in [0.15, 0.2) is 22.7 Å². The van der Waals surface area contributed by atoms with Gasteiger partial charge in [0.15, 0.2) is 0 Å². The molecule has 1 fully saturated rings. The van der Waals surface area contributed by atoms with Gasteiger partial charge in [0.25, 0.3) is 5.91 Å². The second-order valence-corrected chi connectivity index (χ2v) is 6.85. The number of rotatable bonds is 3. The molecule has 2 aromatic rings. The van der Waals surface area contributed by atoms with Gasteiger partial charge in [0.1, 0.15) is 17.0 Å². The van der Waals surface area contributed by atoms with Crippen molar-refractivity contribution in [3.63, 3.8) is 0 Å². The number of aromatic nitrogens is 1. The van der Waals surface area contributed by atoms with Gasteiger partial charge in [0.05, 0.1) is 16.1 Å². The third kappa shape index (κ3) is 3.43. The van der Waals surface area contributed by atoms with E-state index in [0.717, 1.165) is 12.8 Å². The molecular weight excluding hydrogens is 351 g/mol. The molecule has 1 aliphatic carbocycles. The minimum atomic E-state index is -0.270. The summed E-state index contributed by atoms with van der Waals surface area (Å²) in [6, 6.07) is 5.15. The predicted molar refractivity (Wildman–Crippen MR) is 92.4 cm³/mol. The second-order valence-electron chi connectivity index (χ2n) is 6.04. The van der Waals surface area contributed by atoms with Gasteiger partial charge >= 0.3 is 0 Å². The normalized spacial score (nSPS) is 20.8. The summed E-state index contributed by atoms with van der Waals surface area (Å²) < 4.78 is 5.22. The fraction of sp³-hybridized carbons (Fsp3) is 0.412. The minimum Gasteiger partial charge on any atom is -0.393 e. The number of aliphatic hydroxyl groups excluding tert-OH is 1. The quantitative estimate of drug-likeness (QED) is 0.858. The summed E-state index contributed by atoms with van der Waals surface area (Å²) in [6.45, 7) is 1.68. The average molecular weight is 369 g/mol. The molecule has 0 unspecified atom stereocenters. The van der Waals surface area contributed by atoms with Gasteiger partial charge in [-0.05, 0) is 44.7 Å². The monoisotopic (exact) mass is 368 g/mol. The molecular formula is C17H18Cl2N2O3. The molecule has 1 aromatic heterocycles. The highest BCUT2D eigenvalue weighted by Crippen LogP contribution is 2.36. The zero-order valence-corrected chi connectivity index (χ0v) is 14.7. The van der Waals surface area contributed by atoms with Crippen LogP contribution in [0.2, 0.25) is 10.0 Å². The van der Waals surface area contributed by atoms with E-state index in [9.17, 15) is 9.90 Å². The first-order chi connectivity index (χ1) is 11.5. The van der Waals surface area contributed by atoms with Crippen molar-refractivity contribution in [2.24, 2.45) is 0 Å². The number of aliphatic hydroxyl groups is 1. The Bertz CT molecular complexity index is 732. The van der Waals surface area contributed by atoms with E-state index >= 15 is 0 Å². The number of nitrogens with one attached hydrogen (secondary N) is 1. The molecule has 1 aromatic carbocycles. The number of aryl methyl sites for hydroxylation is 1. The van der Waals surface area contributed by atoms with E-state index < -0.39 is 0 Å². The van der Waals surface area contributed by atoms with E-state index in [1.807, 2.05) is 0 Å². The van der Waals surface area contributed by atoms with Crippen LogP contribution in [0.3, 0.4) is 0 Å². The number of amides is 1. The van der Waals surface area contributed by atoms with Gasteiger partial charge in [0, 0.05) is 11.6 Å². The summed E-state index contributed by atoms with van der Waals surface area (Å²) in [4.78, 5) is 12.7. The predicted octanol–water partition coefficient (Wildman–Crippen LogP) is 3.99. The summed E-state index contributed by atoms with van der Waals surface area (Å²) in [7, 11) is 0. The van der Waals surface area contributed by atoms with Crippen LogP contribution in [0, 0.1) is 6.92 Å². The number of carbonyl (C=O) groups is 1. The lowest BCUT2D eigenvalue weighted by Gasteiger charge is -2.26. The van der Waals surface area contributed by atoms with E-state index in [1.165, 1.54) is 0 Å². The van der Waals surface area contributed by atoms with Crippen molar-refractivity contribution in [1.82, 2.24) is 10.5 Å². The van der Waals surface area contributed by atoms with Crippen molar-refractivity contribution in [3.05, 3.63) is 39.6 Å². The number of halogens is 2. The smallest absolute Gasteiger partial charge is 0.257 e. The minimum absolute atomic E-state index is 0.0322. The molecule has 24 heavy (non-hydrogen) atoms. The van der Waals surface area contributed by atoms with Gasteiger partial charge in [-0.15, -0.1) is 0 Å². The molecule has 3 rings (SSSR count).